The molecule has 0 spiro atoms. The summed E-state index contributed by atoms with van der Waals surface area (Å²) in [6, 6.07) is 18.5. The fourth-order valence-electron chi connectivity index (χ4n) is 4.18. The minimum atomic E-state index is -2.05. The van der Waals surface area contributed by atoms with E-state index in [2.05, 4.69) is 75.2 Å². The van der Waals surface area contributed by atoms with Crippen molar-refractivity contribution in [2.24, 2.45) is 5.92 Å². The van der Waals surface area contributed by atoms with E-state index in [1.54, 1.807) is 0 Å². The normalized spacial score (nSPS) is 18.9. The van der Waals surface area contributed by atoms with Crippen LogP contribution in [0.4, 0.5) is 10.5 Å². The van der Waals surface area contributed by atoms with Crippen LogP contribution < -0.4 is 4.90 Å². The second kappa shape index (κ2) is 11.2. The summed E-state index contributed by atoms with van der Waals surface area (Å²) in [5, 5.41) is 0.797. The van der Waals surface area contributed by atoms with Crippen molar-refractivity contribution in [1.82, 2.24) is 4.90 Å². The van der Waals surface area contributed by atoms with Gasteiger partial charge in [0.1, 0.15) is 5.60 Å². The zero-order valence-corrected chi connectivity index (χ0v) is 24.9. The molecule has 0 radical (unpaired) electrons. The summed E-state index contributed by atoms with van der Waals surface area (Å²) in [6.45, 7) is 19.7. The van der Waals surface area contributed by atoms with Crippen LogP contribution in [0.5, 0.6) is 0 Å². The molecule has 0 bridgehead atoms. The summed E-state index contributed by atoms with van der Waals surface area (Å²) < 4.78 is 12.7. The molecule has 7 heteroatoms. The smallest absolute Gasteiger partial charge is 0.410 e. The average molecular weight is 531 g/mol. The number of nitrogens with zero attached hydrogens (tertiary/aromatic N) is 2. The summed E-state index contributed by atoms with van der Waals surface area (Å²) in [6.07, 6.45) is -0.320. The van der Waals surface area contributed by atoms with Gasteiger partial charge in [-0.2, -0.15) is 0 Å². The lowest BCUT2D eigenvalue weighted by atomic mass is 10.0. The van der Waals surface area contributed by atoms with Gasteiger partial charge in [-0.15, -0.1) is 0 Å². The van der Waals surface area contributed by atoms with Crippen molar-refractivity contribution < 1.29 is 14.0 Å². The first kappa shape index (κ1) is 28.5. The molecule has 0 saturated carbocycles. The molecular formula is C29H43ClN2O3Si. The number of amides is 1. The predicted octanol–water partition coefficient (Wildman–Crippen LogP) is 7.60. The lowest BCUT2D eigenvalue weighted by Crippen LogP contribution is -2.47. The van der Waals surface area contributed by atoms with Crippen molar-refractivity contribution in [2.45, 2.75) is 77.9 Å². The Hall–Kier alpha value is -2.02. The van der Waals surface area contributed by atoms with Crippen molar-refractivity contribution in [1.29, 1.82) is 0 Å². The first-order valence-corrected chi connectivity index (χ1v) is 16.1. The Bertz CT molecular complexity index is 1000. The molecule has 2 aromatic rings. The Labute approximate surface area is 223 Å². The van der Waals surface area contributed by atoms with Crippen LogP contribution in [0, 0.1) is 5.92 Å². The van der Waals surface area contributed by atoms with E-state index in [9.17, 15) is 4.79 Å². The number of likely N-dealkylation sites (tertiary alicyclic amines) is 1. The Morgan fingerprint density at radius 1 is 1.00 bits per heavy atom. The molecule has 1 aliphatic heterocycles. The number of hydrogen-bond donors (Lipinski definition) is 0. The molecule has 198 valence electrons. The summed E-state index contributed by atoms with van der Waals surface area (Å²) in [5.41, 5.74) is 1.80. The highest BCUT2D eigenvalue weighted by molar-refractivity contribution is 6.74. The second-order valence-corrected chi connectivity index (χ2v) is 17.6. The van der Waals surface area contributed by atoms with Crippen LogP contribution in [-0.2, 0) is 15.7 Å². The zero-order chi connectivity index (χ0) is 26.7. The van der Waals surface area contributed by atoms with E-state index < -0.39 is 13.9 Å². The maximum atomic E-state index is 13.0. The molecule has 1 heterocycles. The molecule has 1 saturated heterocycles. The molecule has 1 amide bonds. The van der Waals surface area contributed by atoms with Crippen molar-refractivity contribution in [2.75, 3.05) is 24.5 Å². The minimum absolute atomic E-state index is 0.0519. The second-order valence-electron chi connectivity index (χ2n) is 12.4. The molecular weight excluding hydrogens is 488 g/mol. The molecule has 0 aromatic heterocycles. The molecule has 1 fully saturated rings. The number of anilines is 1. The SMILES string of the molecule is CC(C)(C)OC(=O)N1C[C@@H](CN(Cc2ccccc2)c2ccc(Cl)cc2)[C@@H](O[Si](C)(C)C(C)(C)C)C1. The number of rotatable bonds is 7. The zero-order valence-electron chi connectivity index (χ0n) is 23.2. The fourth-order valence-corrected chi connectivity index (χ4v) is 5.68. The van der Waals surface area contributed by atoms with Gasteiger partial charge in [0, 0.05) is 42.8 Å². The standard InChI is InChI=1S/C29H43ClN2O3Si/c1-28(2,3)34-27(33)32-20-23(26(21-32)35-36(7,8)29(4,5)6)19-31(18-22-12-10-9-11-13-22)25-16-14-24(30)15-17-25/h9-17,23,26H,18-21H2,1-8H3/t23-,26+/m1/s1. The van der Waals surface area contributed by atoms with Gasteiger partial charge in [-0.3, -0.25) is 0 Å². The molecule has 2 aromatic carbocycles. The van der Waals surface area contributed by atoms with Gasteiger partial charge in [-0.25, -0.2) is 4.79 Å². The maximum Gasteiger partial charge on any atom is 0.410 e. The van der Waals surface area contributed by atoms with Gasteiger partial charge in [0.05, 0.1) is 6.10 Å². The summed E-state index contributed by atoms with van der Waals surface area (Å²) in [5.74, 6) is 0.144. The van der Waals surface area contributed by atoms with Crippen LogP contribution in [-0.4, -0.2) is 50.6 Å². The van der Waals surface area contributed by atoms with Crippen LogP contribution >= 0.6 is 11.6 Å². The molecule has 3 rings (SSSR count). The summed E-state index contributed by atoms with van der Waals surface area (Å²) in [4.78, 5) is 17.2. The Morgan fingerprint density at radius 3 is 2.17 bits per heavy atom. The van der Waals surface area contributed by atoms with Gasteiger partial charge in [0.25, 0.3) is 0 Å². The number of ether oxygens (including phenoxy) is 1. The average Bonchev–Trinajstić information content (AvgIpc) is 3.14. The Balaban J connectivity index is 1.89. The van der Waals surface area contributed by atoms with Crippen molar-refractivity contribution >= 4 is 31.7 Å². The minimum Gasteiger partial charge on any atom is -0.444 e. The molecule has 36 heavy (non-hydrogen) atoms. The van der Waals surface area contributed by atoms with E-state index in [1.165, 1.54) is 5.56 Å². The molecule has 0 aliphatic carbocycles. The Kier molecular flexibility index (Phi) is 8.85. The number of hydrogen-bond acceptors (Lipinski definition) is 4. The van der Waals surface area contributed by atoms with Gasteiger partial charge in [0.15, 0.2) is 8.32 Å². The molecule has 1 aliphatic rings. The monoisotopic (exact) mass is 530 g/mol. The highest BCUT2D eigenvalue weighted by Gasteiger charge is 2.45. The molecule has 0 N–H and O–H groups in total. The van der Waals surface area contributed by atoms with Crippen LogP contribution in [0.1, 0.15) is 47.1 Å². The van der Waals surface area contributed by atoms with Crippen LogP contribution in [0.2, 0.25) is 23.2 Å². The van der Waals surface area contributed by atoms with Crippen LogP contribution in [0.25, 0.3) is 0 Å². The van der Waals surface area contributed by atoms with Gasteiger partial charge >= 0.3 is 6.09 Å². The van der Waals surface area contributed by atoms with Crippen molar-refractivity contribution in [3.8, 4) is 0 Å². The van der Waals surface area contributed by atoms with Gasteiger partial charge in [-0.1, -0.05) is 62.7 Å². The van der Waals surface area contributed by atoms with E-state index in [0.717, 1.165) is 23.8 Å². The number of benzene rings is 2. The van der Waals surface area contributed by atoms with E-state index in [-0.39, 0.29) is 23.2 Å². The van der Waals surface area contributed by atoms with E-state index >= 15 is 0 Å². The topological polar surface area (TPSA) is 42.0 Å². The van der Waals surface area contributed by atoms with E-state index in [4.69, 9.17) is 20.8 Å². The Morgan fingerprint density at radius 2 is 1.61 bits per heavy atom. The van der Waals surface area contributed by atoms with Gasteiger partial charge in [0.2, 0.25) is 0 Å². The van der Waals surface area contributed by atoms with Gasteiger partial charge in [-0.05, 0) is 68.7 Å². The van der Waals surface area contributed by atoms with E-state index in [1.807, 2.05) is 43.9 Å². The third-order valence-corrected chi connectivity index (χ3v) is 11.9. The summed E-state index contributed by atoms with van der Waals surface area (Å²) in [7, 11) is -2.05. The highest BCUT2D eigenvalue weighted by atomic mass is 35.5. The fraction of sp³-hybridized carbons (Fsp3) is 0.552. The van der Waals surface area contributed by atoms with Crippen molar-refractivity contribution in [3.05, 3.63) is 65.2 Å². The van der Waals surface area contributed by atoms with Crippen LogP contribution in [0.3, 0.4) is 0 Å². The van der Waals surface area contributed by atoms with Gasteiger partial charge < -0.3 is 19.0 Å². The number of halogens is 1. The van der Waals surface area contributed by atoms with Crippen LogP contribution in [0.15, 0.2) is 54.6 Å². The predicted molar refractivity (Wildman–Crippen MR) is 152 cm³/mol. The maximum absolute atomic E-state index is 13.0. The van der Waals surface area contributed by atoms with E-state index in [0.29, 0.717) is 13.1 Å². The largest absolute Gasteiger partial charge is 0.444 e. The lowest BCUT2D eigenvalue weighted by Gasteiger charge is -2.40. The molecule has 5 nitrogen and oxygen atoms in total. The number of carbonyl (C=O) groups is 1. The summed E-state index contributed by atoms with van der Waals surface area (Å²) >= 11 is 6.20. The molecule has 2 atom stereocenters. The third kappa shape index (κ3) is 7.74. The first-order valence-electron chi connectivity index (χ1n) is 12.8. The quantitative estimate of drug-likeness (QED) is 0.345. The number of carbonyl (C=O) groups excluding carboxylic acids is 1. The molecule has 0 unspecified atom stereocenters. The third-order valence-electron chi connectivity index (χ3n) is 7.15. The first-order chi connectivity index (χ1) is 16.6. The lowest BCUT2D eigenvalue weighted by molar-refractivity contribution is 0.0272. The highest BCUT2D eigenvalue weighted by Crippen LogP contribution is 2.39. The van der Waals surface area contributed by atoms with Crippen molar-refractivity contribution in [3.63, 3.8) is 0 Å².